The largest absolute Gasteiger partial charge is 0.416 e. The van der Waals surface area contributed by atoms with Gasteiger partial charge in [0.2, 0.25) is 0 Å². The van der Waals surface area contributed by atoms with Gasteiger partial charge in [-0.25, -0.2) is 0 Å². The van der Waals surface area contributed by atoms with Crippen LogP contribution in [0, 0.1) is 11.3 Å². The fourth-order valence-corrected chi connectivity index (χ4v) is 1.54. The summed E-state index contributed by atoms with van der Waals surface area (Å²) in [6, 6.07) is 13.4. The smallest absolute Gasteiger partial charge is 0.356 e. The first-order chi connectivity index (χ1) is 8.99. The Bertz CT molecular complexity index is 593. The first-order valence-corrected chi connectivity index (χ1v) is 5.43. The minimum absolute atomic E-state index is 0.526. The number of anilines is 2. The second kappa shape index (κ2) is 5.02. The van der Waals surface area contributed by atoms with Crippen molar-refractivity contribution in [3.05, 3.63) is 59.7 Å². The molecular formula is C14H9F3N2. The van der Waals surface area contributed by atoms with Gasteiger partial charge in [-0.3, -0.25) is 0 Å². The first-order valence-electron chi connectivity index (χ1n) is 5.43. The van der Waals surface area contributed by atoms with Gasteiger partial charge < -0.3 is 5.32 Å². The van der Waals surface area contributed by atoms with Gasteiger partial charge in [0.05, 0.1) is 17.2 Å². The van der Waals surface area contributed by atoms with Gasteiger partial charge in [0.15, 0.2) is 0 Å². The fourth-order valence-electron chi connectivity index (χ4n) is 1.54. The van der Waals surface area contributed by atoms with Crippen molar-refractivity contribution in [2.24, 2.45) is 0 Å². The van der Waals surface area contributed by atoms with Crippen LogP contribution in [0.2, 0.25) is 0 Å². The molecule has 0 fully saturated rings. The summed E-state index contributed by atoms with van der Waals surface area (Å²) in [6.45, 7) is 0. The van der Waals surface area contributed by atoms with E-state index in [1.54, 1.807) is 24.3 Å². The molecule has 2 rings (SSSR count). The van der Waals surface area contributed by atoms with Crippen LogP contribution in [0.1, 0.15) is 11.1 Å². The average molecular weight is 262 g/mol. The van der Waals surface area contributed by atoms with E-state index in [-0.39, 0.29) is 0 Å². The Morgan fingerprint density at radius 2 is 1.32 bits per heavy atom. The van der Waals surface area contributed by atoms with E-state index in [4.69, 9.17) is 5.26 Å². The molecule has 2 aromatic carbocycles. The Hall–Kier alpha value is -2.48. The van der Waals surface area contributed by atoms with Crippen molar-refractivity contribution >= 4 is 11.4 Å². The molecule has 0 radical (unpaired) electrons. The summed E-state index contributed by atoms with van der Waals surface area (Å²) in [5.41, 5.74) is 1.10. The summed E-state index contributed by atoms with van der Waals surface area (Å²) in [4.78, 5) is 0. The topological polar surface area (TPSA) is 35.8 Å². The minimum Gasteiger partial charge on any atom is -0.356 e. The molecule has 1 N–H and O–H groups in total. The molecule has 96 valence electrons. The Labute approximate surface area is 108 Å². The van der Waals surface area contributed by atoms with Crippen molar-refractivity contribution in [1.29, 1.82) is 5.26 Å². The molecule has 0 saturated heterocycles. The van der Waals surface area contributed by atoms with Gasteiger partial charge in [-0.05, 0) is 48.5 Å². The van der Waals surface area contributed by atoms with Crippen LogP contribution in [0.25, 0.3) is 0 Å². The molecule has 5 heteroatoms. The first kappa shape index (κ1) is 13.0. The van der Waals surface area contributed by atoms with E-state index in [9.17, 15) is 13.2 Å². The van der Waals surface area contributed by atoms with Gasteiger partial charge >= 0.3 is 6.18 Å². The molecular weight excluding hydrogens is 253 g/mol. The molecule has 0 aliphatic rings. The zero-order valence-electron chi connectivity index (χ0n) is 9.70. The number of hydrogen-bond acceptors (Lipinski definition) is 2. The molecule has 0 spiro atoms. The Balaban J connectivity index is 2.13. The van der Waals surface area contributed by atoms with Crippen molar-refractivity contribution in [1.82, 2.24) is 0 Å². The highest BCUT2D eigenvalue weighted by Gasteiger charge is 2.29. The molecule has 2 nitrogen and oxygen atoms in total. The van der Waals surface area contributed by atoms with Crippen molar-refractivity contribution < 1.29 is 13.2 Å². The quantitative estimate of drug-likeness (QED) is 0.874. The highest BCUT2D eigenvalue weighted by molar-refractivity contribution is 5.60. The van der Waals surface area contributed by atoms with Crippen LogP contribution in [0.15, 0.2) is 48.5 Å². The molecule has 0 aromatic heterocycles. The Morgan fingerprint density at radius 1 is 0.842 bits per heavy atom. The standard InChI is InChI=1S/C14H9F3N2/c15-14(16,17)11-3-7-13(8-4-11)19-12-5-1-10(9-18)2-6-12/h1-8,19H. The normalized spacial score (nSPS) is 10.8. The lowest BCUT2D eigenvalue weighted by Gasteiger charge is -2.09. The SMILES string of the molecule is N#Cc1ccc(Nc2ccc(C(F)(F)F)cc2)cc1. The van der Waals surface area contributed by atoms with E-state index in [1.807, 2.05) is 6.07 Å². The number of nitrogens with zero attached hydrogens (tertiary/aromatic N) is 1. The molecule has 0 aliphatic heterocycles. The van der Waals surface area contributed by atoms with E-state index in [2.05, 4.69) is 5.32 Å². The average Bonchev–Trinajstić information content (AvgIpc) is 2.39. The van der Waals surface area contributed by atoms with E-state index in [0.29, 0.717) is 16.9 Å². The van der Waals surface area contributed by atoms with Gasteiger partial charge in [-0.2, -0.15) is 18.4 Å². The fraction of sp³-hybridized carbons (Fsp3) is 0.0714. The van der Waals surface area contributed by atoms with Crippen LogP contribution in [-0.4, -0.2) is 0 Å². The number of nitrogens with one attached hydrogen (secondary N) is 1. The lowest BCUT2D eigenvalue weighted by Crippen LogP contribution is -2.04. The maximum atomic E-state index is 12.4. The predicted octanol–water partition coefficient (Wildman–Crippen LogP) is 4.32. The van der Waals surface area contributed by atoms with Crippen molar-refractivity contribution in [3.63, 3.8) is 0 Å². The molecule has 0 unspecified atom stereocenters. The van der Waals surface area contributed by atoms with Crippen LogP contribution in [0.4, 0.5) is 24.5 Å². The Morgan fingerprint density at radius 3 is 1.74 bits per heavy atom. The zero-order valence-corrected chi connectivity index (χ0v) is 9.70. The number of alkyl halides is 3. The summed E-state index contributed by atoms with van der Waals surface area (Å²) < 4.78 is 37.1. The highest BCUT2D eigenvalue weighted by Crippen LogP contribution is 2.30. The number of hydrogen-bond donors (Lipinski definition) is 1. The molecule has 19 heavy (non-hydrogen) atoms. The summed E-state index contributed by atoms with van der Waals surface area (Å²) in [5.74, 6) is 0. The van der Waals surface area contributed by atoms with Crippen LogP contribution in [0.3, 0.4) is 0 Å². The predicted molar refractivity (Wildman–Crippen MR) is 65.9 cm³/mol. The molecule has 0 atom stereocenters. The molecule has 0 aliphatic carbocycles. The van der Waals surface area contributed by atoms with E-state index in [0.717, 1.165) is 12.1 Å². The third-order valence-electron chi connectivity index (χ3n) is 2.51. The number of benzene rings is 2. The summed E-state index contributed by atoms with van der Waals surface area (Å²) in [5, 5.41) is 11.6. The van der Waals surface area contributed by atoms with Crippen LogP contribution < -0.4 is 5.32 Å². The summed E-state index contributed by atoms with van der Waals surface area (Å²) in [6.07, 6.45) is -4.33. The van der Waals surface area contributed by atoms with Gasteiger partial charge in [-0.1, -0.05) is 0 Å². The lowest BCUT2D eigenvalue weighted by atomic mass is 10.2. The molecule has 0 saturated carbocycles. The maximum Gasteiger partial charge on any atom is 0.416 e. The Kier molecular flexibility index (Phi) is 3.43. The van der Waals surface area contributed by atoms with E-state index >= 15 is 0 Å². The molecule has 0 amide bonds. The third-order valence-corrected chi connectivity index (χ3v) is 2.51. The van der Waals surface area contributed by atoms with E-state index in [1.165, 1.54) is 12.1 Å². The second-order valence-electron chi connectivity index (χ2n) is 3.89. The molecule has 0 heterocycles. The van der Waals surface area contributed by atoms with Crippen LogP contribution in [0.5, 0.6) is 0 Å². The maximum absolute atomic E-state index is 12.4. The van der Waals surface area contributed by atoms with Gasteiger partial charge in [0.25, 0.3) is 0 Å². The molecule has 0 bridgehead atoms. The van der Waals surface area contributed by atoms with Crippen LogP contribution in [-0.2, 0) is 6.18 Å². The highest BCUT2D eigenvalue weighted by atomic mass is 19.4. The summed E-state index contributed by atoms with van der Waals surface area (Å²) >= 11 is 0. The van der Waals surface area contributed by atoms with Gasteiger partial charge in [-0.15, -0.1) is 0 Å². The second-order valence-corrected chi connectivity index (χ2v) is 3.89. The lowest BCUT2D eigenvalue weighted by molar-refractivity contribution is -0.137. The monoisotopic (exact) mass is 262 g/mol. The van der Waals surface area contributed by atoms with Crippen molar-refractivity contribution in [3.8, 4) is 6.07 Å². The third kappa shape index (κ3) is 3.26. The van der Waals surface area contributed by atoms with Crippen molar-refractivity contribution in [2.75, 3.05) is 5.32 Å². The van der Waals surface area contributed by atoms with Gasteiger partial charge in [0, 0.05) is 11.4 Å². The number of nitriles is 1. The zero-order chi connectivity index (χ0) is 13.9. The molecule has 2 aromatic rings. The van der Waals surface area contributed by atoms with Crippen LogP contribution >= 0.6 is 0 Å². The van der Waals surface area contributed by atoms with E-state index < -0.39 is 11.7 Å². The summed E-state index contributed by atoms with van der Waals surface area (Å²) in [7, 11) is 0. The van der Waals surface area contributed by atoms with Gasteiger partial charge in [0.1, 0.15) is 0 Å². The number of halogens is 3. The number of rotatable bonds is 2. The minimum atomic E-state index is -4.33. The van der Waals surface area contributed by atoms with Crippen molar-refractivity contribution in [2.45, 2.75) is 6.18 Å².